The van der Waals surface area contributed by atoms with E-state index in [4.69, 9.17) is 13.9 Å². The van der Waals surface area contributed by atoms with Gasteiger partial charge in [-0.1, -0.05) is 0 Å². The Labute approximate surface area is 125 Å². The highest BCUT2D eigenvalue weighted by Crippen LogP contribution is 2.31. The molecule has 0 amide bonds. The van der Waals surface area contributed by atoms with E-state index < -0.39 is 10.9 Å². The first-order valence-corrected chi connectivity index (χ1v) is 6.28. The van der Waals surface area contributed by atoms with E-state index in [1.807, 2.05) is 0 Å². The number of ether oxygens (including phenoxy) is 2. The third-order valence-corrected chi connectivity index (χ3v) is 2.71. The molecule has 0 fully saturated rings. The summed E-state index contributed by atoms with van der Waals surface area (Å²) in [6.07, 6.45) is 2.61. The Kier molecular flexibility index (Phi) is 4.57. The highest BCUT2D eigenvalue weighted by atomic mass is 16.6. The minimum atomic E-state index is -0.701. The number of benzene rings is 1. The van der Waals surface area contributed by atoms with Crippen molar-refractivity contribution < 1.29 is 23.6 Å². The van der Waals surface area contributed by atoms with Gasteiger partial charge in [0, 0.05) is 12.1 Å². The molecule has 0 aliphatic heterocycles. The zero-order chi connectivity index (χ0) is 16.1. The first-order chi connectivity index (χ1) is 10.5. The van der Waals surface area contributed by atoms with Crippen LogP contribution in [0.5, 0.6) is 11.5 Å². The number of methoxy groups -OCH3 is 1. The molecular formula is C15H13NO6. The molecule has 0 N–H and O–H groups in total. The number of furan rings is 1. The van der Waals surface area contributed by atoms with Gasteiger partial charge in [0.05, 0.1) is 18.1 Å². The van der Waals surface area contributed by atoms with Crippen LogP contribution in [0.15, 0.2) is 40.8 Å². The highest BCUT2D eigenvalue weighted by Gasteiger charge is 2.14. The topological polar surface area (TPSA) is 91.8 Å². The number of esters is 1. The SMILES string of the molecule is COc1ccc([N+](=O)[O-])cc1OC(=O)/C=C/c1ccc(C)o1. The number of hydrogen-bond acceptors (Lipinski definition) is 6. The normalized spacial score (nSPS) is 10.6. The largest absolute Gasteiger partial charge is 0.493 e. The van der Waals surface area contributed by atoms with E-state index in [1.54, 1.807) is 19.1 Å². The molecule has 2 rings (SSSR count). The van der Waals surface area contributed by atoms with E-state index in [0.717, 1.165) is 12.1 Å². The van der Waals surface area contributed by atoms with Gasteiger partial charge in [0.25, 0.3) is 5.69 Å². The third kappa shape index (κ3) is 3.72. The van der Waals surface area contributed by atoms with Crippen LogP contribution in [-0.4, -0.2) is 18.0 Å². The molecule has 0 saturated carbocycles. The fourth-order valence-electron chi connectivity index (χ4n) is 1.69. The predicted molar refractivity (Wildman–Crippen MR) is 77.8 cm³/mol. The standard InChI is InChI=1S/C15H13NO6/c1-10-3-5-12(21-10)6-8-15(17)22-14-9-11(16(18)19)4-7-13(14)20-2/h3-9H,1-2H3/b8-6+. The molecule has 22 heavy (non-hydrogen) atoms. The van der Waals surface area contributed by atoms with Crippen molar-refractivity contribution in [2.24, 2.45) is 0 Å². The number of aryl methyl sites for hydroxylation is 1. The lowest BCUT2D eigenvalue weighted by atomic mass is 10.3. The Hall–Kier alpha value is -3.09. The number of nitrogens with zero attached hydrogens (tertiary/aromatic N) is 1. The van der Waals surface area contributed by atoms with Crippen LogP contribution in [-0.2, 0) is 4.79 Å². The smallest absolute Gasteiger partial charge is 0.336 e. The fraction of sp³-hybridized carbons (Fsp3) is 0.133. The molecule has 0 unspecified atom stereocenters. The summed E-state index contributed by atoms with van der Waals surface area (Å²) in [6.45, 7) is 1.78. The van der Waals surface area contributed by atoms with Crippen molar-refractivity contribution >= 4 is 17.7 Å². The van der Waals surface area contributed by atoms with Crippen LogP contribution in [0.3, 0.4) is 0 Å². The Bertz CT molecular complexity index is 731. The van der Waals surface area contributed by atoms with Crippen molar-refractivity contribution in [3.8, 4) is 11.5 Å². The number of non-ortho nitro benzene ring substituents is 1. The molecule has 2 aromatic rings. The molecule has 0 aliphatic carbocycles. The summed E-state index contributed by atoms with van der Waals surface area (Å²) in [4.78, 5) is 21.9. The van der Waals surface area contributed by atoms with Crippen molar-refractivity contribution in [1.82, 2.24) is 0 Å². The molecule has 7 nitrogen and oxygen atoms in total. The lowest BCUT2D eigenvalue weighted by molar-refractivity contribution is -0.384. The van der Waals surface area contributed by atoms with E-state index in [2.05, 4.69) is 0 Å². The minimum absolute atomic E-state index is 0.0259. The summed E-state index contributed by atoms with van der Waals surface area (Å²) in [7, 11) is 1.37. The number of rotatable bonds is 5. The summed E-state index contributed by atoms with van der Waals surface area (Å²) < 4.78 is 15.3. The number of nitro benzene ring substituents is 1. The van der Waals surface area contributed by atoms with Crippen LogP contribution in [0.1, 0.15) is 11.5 Å². The molecular weight excluding hydrogens is 290 g/mol. The Morgan fingerprint density at radius 3 is 2.64 bits per heavy atom. The second kappa shape index (κ2) is 6.57. The van der Waals surface area contributed by atoms with E-state index in [-0.39, 0.29) is 17.2 Å². The molecule has 7 heteroatoms. The number of nitro groups is 1. The van der Waals surface area contributed by atoms with E-state index in [0.29, 0.717) is 11.5 Å². The van der Waals surface area contributed by atoms with Gasteiger partial charge in [-0.25, -0.2) is 4.79 Å². The van der Waals surface area contributed by atoms with Crippen molar-refractivity contribution in [2.75, 3.05) is 7.11 Å². The number of hydrogen-bond donors (Lipinski definition) is 0. The van der Waals surface area contributed by atoms with E-state index in [1.165, 1.54) is 25.3 Å². The quantitative estimate of drug-likeness (QED) is 0.277. The van der Waals surface area contributed by atoms with Gasteiger partial charge in [-0.15, -0.1) is 0 Å². The summed E-state index contributed by atoms with van der Waals surface area (Å²) in [5.41, 5.74) is -0.200. The lowest BCUT2D eigenvalue weighted by Crippen LogP contribution is -2.05. The summed E-state index contributed by atoms with van der Waals surface area (Å²) in [5, 5.41) is 10.7. The maximum atomic E-state index is 11.8. The summed E-state index contributed by atoms with van der Waals surface area (Å²) >= 11 is 0. The van der Waals surface area contributed by atoms with Crippen LogP contribution in [0.2, 0.25) is 0 Å². The van der Waals surface area contributed by atoms with Crippen LogP contribution >= 0.6 is 0 Å². The molecule has 0 saturated heterocycles. The van der Waals surface area contributed by atoms with Crippen molar-refractivity contribution in [1.29, 1.82) is 0 Å². The molecule has 0 atom stereocenters. The first-order valence-electron chi connectivity index (χ1n) is 6.28. The monoisotopic (exact) mass is 303 g/mol. The average molecular weight is 303 g/mol. The first kappa shape index (κ1) is 15.3. The van der Waals surface area contributed by atoms with Crippen LogP contribution in [0, 0.1) is 17.0 Å². The lowest BCUT2D eigenvalue weighted by Gasteiger charge is -2.07. The maximum absolute atomic E-state index is 11.8. The number of carbonyl (C=O) groups excluding carboxylic acids is 1. The molecule has 114 valence electrons. The zero-order valence-electron chi connectivity index (χ0n) is 11.9. The molecule has 0 radical (unpaired) electrons. The molecule has 0 bridgehead atoms. The molecule has 1 aromatic carbocycles. The van der Waals surface area contributed by atoms with Gasteiger partial charge in [-0.3, -0.25) is 10.1 Å². The third-order valence-electron chi connectivity index (χ3n) is 2.71. The maximum Gasteiger partial charge on any atom is 0.336 e. The van der Waals surface area contributed by atoms with Gasteiger partial charge in [0.2, 0.25) is 0 Å². The molecule has 1 aromatic heterocycles. The Balaban J connectivity index is 2.15. The molecule has 0 spiro atoms. The van der Waals surface area contributed by atoms with Crippen LogP contribution in [0.25, 0.3) is 6.08 Å². The minimum Gasteiger partial charge on any atom is -0.493 e. The second-order valence-electron chi connectivity index (χ2n) is 4.30. The van der Waals surface area contributed by atoms with Crippen LogP contribution < -0.4 is 9.47 Å². The Morgan fingerprint density at radius 2 is 2.05 bits per heavy atom. The predicted octanol–water partition coefficient (Wildman–Crippen LogP) is 3.12. The molecule has 0 aliphatic rings. The molecule has 1 heterocycles. The zero-order valence-corrected chi connectivity index (χ0v) is 11.9. The number of carbonyl (C=O) groups is 1. The van der Waals surface area contributed by atoms with Gasteiger partial charge in [0.1, 0.15) is 11.5 Å². The fourth-order valence-corrected chi connectivity index (χ4v) is 1.69. The average Bonchev–Trinajstić information content (AvgIpc) is 2.90. The Morgan fingerprint density at radius 1 is 1.27 bits per heavy atom. The van der Waals surface area contributed by atoms with Crippen molar-refractivity contribution in [3.05, 3.63) is 58.0 Å². The van der Waals surface area contributed by atoms with Gasteiger partial charge in [0.15, 0.2) is 11.5 Å². The highest BCUT2D eigenvalue weighted by molar-refractivity contribution is 5.88. The van der Waals surface area contributed by atoms with Crippen molar-refractivity contribution in [3.63, 3.8) is 0 Å². The summed E-state index contributed by atoms with van der Waals surface area (Å²) in [5.74, 6) is 0.713. The van der Waals surface area contributed by atoms with E-state index in [9.17, 15) is 14.9 Å². The van der Waals surface area contributed by atoms with Gasteiger partial charge in [-0.2, -0.15) is 0 Å². The summed E-state index contributed by atoms with van der Waals surface area (Å²) in [6, 6.07) is 7.21. The van der Waals surface area contributed by atoms with Crippen LogP contribution in [0.4, 0.5) is 5.69 Å². The van der Waals surface area contributed by atoms with Crippen molar-refractivity contribution in [2.45, 2.75) is 6.92 Å². The van der Waals surface area contributed by atoms with Gasteiger partial charge in [-0.05, 0) is 31.2 Å². The van der Waals surface area contributed by atoms with Gasteiger partial charge >= 0.3 is 5.97 Å². The van der Waals surface area contributed by atoms with Gasteiger partial charge < -0.3 is 13.9 Å². The van der Waals surface area contributed by atoms with E-state index >= 15 is 0 Å². The second-order valence-corrected chi connectivity index (χ2v) is 4.30.